The molecule has 0 bridgehead atoms. The van der Waals surface area contributed by atoms with E-state index in [-0.39, 0.29) is 10.6 Å². The number of hydrogen-bond donors (Lipinski definition) is 2. The highest BCUT2D eigenvalue weighted by Crippen LogP contribution is 2.29. The van der Waals surface area contributed by atoms with Crippen LogP contribution in [0, 0.1) is 6.92 Å². The first-order valence-corrected chi connectivity index (χ1v) is 10.8. The lowest BCUT2D eigenvalue weighted by Gasteiger charge is -2.11. The highest BCUT2D eigenvalue weighted by molar-refractivity contribution is 7.89. The fraction of sp³-hybridized carbons (Fsp3) is 0.389. The summed E-state index contributed by atoms with van der Waals surface area (Å²) in [5, 5.41) is 0. The van der Waals surface area contributed by atoms with E-state index in [9.17, 15) is 13.2 Å². The first-order chi connectivity index (χ1) is 12.4. The largest absolute Gasteiger partial charge is 0.495 e. The van der Waals surface area contributed by atoms with Crippen LogP contribution in [-0.2, 0) is 22.9 Å². The molecule has 0 aliphatic heterocycles. The Morgan fingerprint density at radius 3 is 2.69 bits per heavy atom. The third kappa shape index (κ3) is 4.08. The van der Waals surface area contributed by atoms with Gasteiger partial charge < -0.3 is 4.74 Å². The van der Waals surface area contributed by atoms with Crippen LogP contribution in [0.2, 0.25) is 0 Å². The molecule has 1 heterocycles. The molecule has 1 aromatic carbocycles. The summed E-state index contributed by atoms with van der Waals surface area (Å²) in [6.07, 6.45) is 5.44. The molecule has 140 valence electrons. The summed E-state index contributed by atoms with van der Waals surface area (Å²) < 4.78 is 30.2. The van der Waals surface area contributed by atoms with Crippen LogP contribution in [0.25, 0.3) is 0 Å². The molecule has 8 heteroatoms. The second kappa shape index (κ2) is 7.77. The van der Waals surface area contributed by atoms with Gasteiger partial charge in [0.25, 0.3) is 15.9 Å². The van der Waals surface area contributed by atoms with Gasteiger partial charge in [-0.3, -0.25) is 10.2 Å². The number of fused-ring (bicyclic) bond motifs is 1. The SMILES string of the molecule is COc1ccc(C)cc1S(=O)(=O)NNC(=O)c1cc2c(s1)CCCCC2. The predicted molar refractivity (Wildman–Crippen MR) is 101 cm³/mol. The number of hydrogen-bond acceptors (Lipinski definition) is 5. The number of nitrogens with one attached hydrogen (secondary N) is 2. The van der Waals surface area contributed by atoms with Gasteiger partial charge in [0.15, 0.2) is 0 Å². The van der Waals surface area contributed by atoms with E-state index in [2.05, 4.69) is 10.3 Å². The number of hydrazine groups is 1. The number of carbonyl (C=O) groups excluding carboxylic acids is 1. The number of ether oxygens (including phenoxy) is 1. The van der Waals surface area contributed by atoms with Gasteiger partial charge in [-0.15, -0.1) is 16.2 Å². The summed E-state index contributed by atoms with van der Waals surface area (Å²) in [6.45, 7) is 1.79. The second-order valence-corrected chi connectivity index (χ2v) is 9.12. The van der Waals surface area contributed by atoms with E-state index in [0.29, 0.717) is 4.88 Å². The summed E-state index contributed by atoms with van der Waals surface area (Å²) in [4.78, 5) is 16.3. The Labute approximate surface area is 157 Å². The number of benzene rings is 1. The van der Waals surface area contributed by atoms with Crippen LogP contribution in [0.1, 0.15) is 44.9 Å². The molecule has 1 aromatic heterocycles. The van der Waals surface area contributed by atoms with E-state index in [1.807, 2.05) is 6.07 Å². The van der Waals surface area contributed by atoms with E-state index in [1.54, 1.807) is 19.1 Å². The number of amides is 1. The Balaban J connectivity index is 1.74. The maximum absolute atomic E-state index is 12.5. The lowest BCUT2D eigenvalue weighted by molar-refractivity contribution is 0.0949. The van der Waals surface area contributed by atoms with Crippen LogP contribution in [-0.4, -0.2) is 21.4 Å². The van der Waals surface area contributed by atoms with Crippen LogP contribution >= 0.6 is 11.3 Å². The predicted octanol–water partition coefficient (Wildman–Crippen LogP) is 2.96. The van der Waals surface area contributed by atoms with Gasteiger partial charge in [-0.05, 0) is 61.9 Å². The Morgan fingerprint density at radius 2 is 1.92 bits per heavy atom. The summed E-state index contributed by atoms with van der Waals surface area (Å²) in [6, 6.07) is 6.72. The molecule has 0 unspecified atom stereocenters. The first-order valence-electron chi connectivity index (χ1n) is 8.49. The van der Waals surface area contributed by atoms with Crippen molar-refractivity contribution in [3.8, 4) is 5.75 Å². The lowest BCUT2D eigenvalue weighted by Crippen LogP contribution is -2.41. The minimum absolute atomic E-state index is 0.0118. The summed E-state index contributed by atoms with van der Waals surface area (Å²) in [7, 11) is -2.54. The molecule has 0 atom stereocenters. The third-order valence-corrected chi connectivity index (χ3v) is 6.88. The van der Waals surface area contributed by atoms with Gasteiger partial charge in [0, 0.05) is 4.88 Å². The van der Waals surface area contributed by atoms with Crippen molar-refractivity contribution in [3.05, 3.63) is 45.1 Å². The van der Waals surface area contributed by atoms with Gasteiger partial charge in [-0.25, -0.2) is 8.42 Å². The number of sulfonamides is 1. The zero-order valence-electron chi connectivity index (χ0n) is 14.8. The topological polar surface area (TPSA) is 84.5 Å². The molecular weight excluding hydrogens is 372 g/mol. The van der Waals surface area contributed by atoms with Crippen LogP contribution < -0.4 is 15.0 Å². The maximum atomic E-state index is 12.5. The number of carbonyl (C=O) groups is 1. The number of rotatable bonds is 5. The molecule has 1 aliphatic carbocycles. The van der Waals surface area contributed by atoms with Crippen molar-refractivity contribution >= 4 is 27.3 Å². The molecular formula is C18H22N2O4S2. The zero-order chi connectivity index (χ0) is 18.7. The Kier molecular flexibility index (Phi) is 5.64. The lowest BCUT2D eigenvalue weighted by atomic mass is 10.1. The summed E-state index contributed by atoms with van der Waals surface area (Å²) in [5.41, 5.74) is 4.30. The van der Waals surface area contributed by atoms with E-state index in [1.165, 1.54) is 41.4 Å². The van der Waals surface area contributed by atoms with Crippen molar-refractivity contribution in [2.75, 3.05) is 7.11 Å². The molecule has 26 heavy (non-hydrogen) atoms. The maximum Gasteiger partial charge on any atom is 0.276 e. The molecule has 0 fully saturated rings. The molecule has 2 N–H and O–H groups in total. The molecule has 3 rings (SSSR count). The van der Waals surface area contributed by atoms with Gasteiger partial charge in [0.2, 0.25) is 0 Å². The van der Waals surface area contributed by atoms with Gasteiger partial charge in [-0.1, -0.05) is 12.5 Å². The van der Waals surface area contributed by atoms with E-state index >= 15 is 0 Å². The first kappa shape index (κ1) is 18.9. The van der Waals surface area contributed by atoms with Crippen LogP contribution in [0.3, 0.4) is 0 Å². The second-order valence-electron chi connectivity index (χ2n) is 6.33. The highest BCUT2D eigenvalue weighted by atomic mass is 32.2. The minimum Gasteiger partial charge on any atom is -0.495 e. The quantitative estimate of drug-likeness (QED) is 0.603. The van der Waals surface area contributed by atoms with Crippen LogP contribution in [0.4, 0.5) is 0 Å². The molecule has 0 saturated heterocycles. The van der Waals surface area contributed by atoms with Crippen molar-refractivity contribution in [3.63, 3.8) is 0 Å². The fourth-order valence-corrected chi connectivity index (χ4v) is 5.25. The molecule has 0 saturated carbocycles. The Bertz CT molecular complexity index is 896. The monoisotopic (exact) mass is 394 g/mol. The zero-order valence-corrected chi connectivity index (χ0v) is 16.4. The molecule has 1 aliphatic rings. The minimum atomic E-state index is -3.94. The average molecular weight is 395 g/mol. The Morgan fingerprint density at radius 1 is 1.15 bits per heavy atom. The highest BCUT2D eigenvalue weighted by Gasteiger charge is 2.22. The standard InChI is InChI=1S/C18H22N2O4S2/c1-12-8-9-14(24-2)17(10-12)26(22,23)20-19-18(21)16-11-13-6-4-3-5-7-15(13)25-16/h8-11,20H,3-7H2,1-2H3,(H,19,21). The number of thiophene rings is 1. The third-order valence-electron chi connectivity index (χ3n) is 4.38. The molecule has 0 radical (unpaired) electrons. The number of methoxy groups -OCH3 is 1. The van der Waals surface area contributed by atoms with Gasteiger partial charge >= 0.3 is 0 Å². The van der Waals surface area contributed by atoms with Crippen molar-refractivity contribution in [1.29, 1.82) is 0 Å². The van der Waals surface area contributed by atoms with Crippen LogP contribution in [0.5, 0.6) is 5.75 Å². The summed E-state index contributed by atoms with van der Waals surface area (Å²) >= 11 is 1.44. The summed E-state index contributed by atoms with van der Waals surface area (Å²) in [5.74, 6) is -0.224. The average Bonchev–Trinajstić information content (AvgIpc) is 2.90. The molecule has 1 amide bonds. The molecule has 0 spiro atoms. The van der Waals surface area contributed by atoms with E-state index in [4.69, 9.17) is 4.74 Å². The normalized spacial score (nSPS) is 14.4. The van der Waals surface area contributed by atoms with Crippen molar-refractivity contribution in [1.82, 2.24) is 10.3 Å². The van der Waals surface area contributed by atoms with Crippen molar-refractivity contribution in [2.45, 2.75) is 43.9 Å². The smallest absolute Gasteiger partial charge is 0.276 e. The van der Waals surface area contributed by atoms with Crippen molar-refractivity contribution in [2.24, 2.45) is 0 Å². The fourth-order valence-electron chi connectivity index (χ4n) is 3.00. The van der Waals surface area contributed by atoms with Gasteiger partial charge in [-0.2, -0.15) is 0 Å². The number of aryl methyl sites for hydroxylation is 3. The van der Waals surface area contributed by atoms with E-state index < -0.39 is 15.9 Å². The van der Waals surface area contributed by atoms with Gasteiger partial charge in [0.05, 0.1) is 12.0 Å². The Hall–Kier alpha value is -1.90. The van der Waals surface area contributed by atoms with Gasteiger partial charge in [0.1, 0.15) is 10.6 Å². The molecule has 6 nitrogen and oxygen atoms in total. The van der Waals surface area contributed by atoms with Crippen LogP contribution in [0.15, 0.2) is 29.2 Å². The molecule has 2 aromatic rings. The van der Waals surface area contributed by atoms with E-state index in [0.717, 1.165) is 31.2 Å². The van der Waals surface area contributed by atoms with Crippen molar-refractivity contribution < 1.29 is 17.9 Å².